The van der Waals surface area contributed by atoms with Crippen molar-refractivity contribution in [2.75, 3.05) is 65.9 Å². The Morgan fingerprint density at radius 2 is 0.919 bits per heavy atom. The summed E-state index contributed by atoms with van der Waals surface area (Å²) in [6.07, 6.45) is 25.9. The van der Waals surface area contributed by atoms with E-state index in [1.807, 2.05) is 6.08 Å². The summed E-state index contributed by atoms with van der Waals surface area (Å²) in [4.78, 5) is 27.0. The van der Waals surface area contributed by atoms with Crippen LogP contribution >= 0.6 is 0 Å². The van der Waals surface area contributed by atoms with Crippen molar-refractivity contribution in [2.45, 2.75) is 207 Å². The number of esters is 2. The van der Waals surface area contributed by atoms with Gasteiger partial charge in [0.1, 0.15) is 0 Å². The van der Waals surface area contributed by atoms with Gasteiger partial charge in [-0.05, 0) is 103 Å². The van der Waals surface area contributed by atoms with Gasteiger partial charge in [0.25, 0.3) is 0 Å². The molecule has 0 rings (SSSR count). The molecule has 0 aliphatic heterocycles. The van der Waals surface area contributed by atoms with Crippen LogP contribution in [-0.2, 0) is 38.0 Å². The van der Waals surface area contributed by atoms with Crippen LogP contribution in [0.25, 0.3) is 0 Å². The van der Waals surface area contributed by atoms with E-state index in [-0.39, 0.29) is 31.1 Å². The van der Waals surface area contributed by atoms with Gasteiger partial charge in [-0.1, -0.05) is 65.5 Å². The number of aliphatic hydroxyl groups is 1. The first-order valence-corrected chi connectivity index (χ1v) is 24.6. The first-order chi connectivity index (χ1) is 30.5. The Hall–Kier alpha value is -2.88. The van der Waals surface area contributed by atoms with Crippen molar-refractivity contribution in [3.63, 3.8) is 0 Å². The number of hydrogen-bond donors (Lipinski definition) is 1. The highest BCUT2D eigenvalue weighted by Crippen LogP contribution is 2.12. The first kappa shape index (κ1) is 59.1. The number of ether oxygens (including phenoxy) is 6. The van der Waals surface area contributed by atoms with E-state index in [9.17, 15) is 14.7 Å². The summed E-state index contributed by atoms with van der Waals surface area (Å²) < 4.78 is 34.9. The van der Waals surface area contributed by atoms with Crippen LogP contribution in [0.1, 0.15) is 195 Å². The van der Waals surface area contributed by atoms with Gasteiger partial charge in [-0.3, -0.25) is 9.59 Å². The summed E-state index contributed by atoms with van der Waals surface area (Å²) in [5, 5.41) is 9.58. The third-order valence-corrected chi connectivity index (χ3v) is 9.75. The third kappa shape index (κ3) is 43.8. The molecule has 0 fully saturated rings. The largest absolute Gasteiger partial charge is 0.466 e. The van der Waals surface area contributed by atoms with E-state index in [2.05, 4.69) is 74.2 Å². The fourth-order valence-corrected chi connectivity index (χ4v) is 6.02. The van der Waals surface area contributed by atoms with Gasteiger partial charge >= 0.3 is 11.9 Å². The van der Waals surface area contributed by atoms with Gasteiger partial charge in [0.05, 0.1) is 46.2 Å². The number of hydrogen-bond acceptors (Lipinski definition) is 10. The Morgan fingerprint density at radius 3 is 1.34 bits per heavy atom. The van der Waals surface area contributed by atoms with Gasteiger partial charge in [-0.25, -0.2) is 0 Å². The van der Waals surface area contributed by atoms with Gasteiger partial charge in [-0.15, -0.1) is 35.5 Å². The summed E-state index contributed by atoms with van der Waals surface area (Å²) in [5.41, 5.74) is 0. The van der Waals surface area contributed by atoms with Crippen LogP contribution in [-0.4, -0.2) is 100 Å². The predicted octanol–water partition coefficient (Wildman–Crippen LogP) is 10.9. The monoisotopic (exact) mass is 872 g/mol. The number of aliphatic hydroxyl groups excluding tert-OH is 1. The Bertz CT molecular complexity index is 1210. The van der Waals surface area contributed by atoms with Gasteiger partial charge in [0.2, 0.25) is 0 Å². The second-order valence-electron chi connectivity index (χ2n) is 15.6. The summed E-state index contributed by atoms with van der Waals surface area (Å²) in [5.74, 6) is 18.8. The van der Waals surface area contributed by atoms with Crippen LogP contribution in [0.3, 0.4) is 0 Å². The Balaban J connectivity index is 4.27. The molecule has 0 aromatic heterocycles. The number of nitrogens with zero attached hydrogens (tertiary/aromatic N) is 1. The van der Waals surface area contributed by atoms with Crippen LogP contribution in [0.2, 0.25) is 0 Å². The fraction of sp³-hybridized carbons (Fsp3) is 0.808. The highest BCUT2D eigenvalue weighted by atomic mass is 16.7. The van der Waals surface area contributed by atoms with E-state index < -0.39 is 0 Å². The van der Waals surface area contributed by atoms with Crippen LogP contribution < -0.4 is 0 Å². The zero-order valence-corrected chi connectivity index (χ0v) is 39.9. The molecule has 0 spiro atoms. The minimum atomic E-state index is -0.321. The zero-order chi connectivity index (χ0) is 45.2. The molecule has 1 atom stereocenters. The molecule has 0 heterocycles. The lowest BCUT2D eigenvalue weighted by atomic mass is 10.2. The normalized spacial score (nSPS) is 11.5. The second-order valence-corrected chi connectivity index (χ2v) is 15.6. The van der Waals surface area contributed by atoms with Crippen LogP contribution in [0.4, 0.5) is 0 Å². The van der Waals surface area contributed by atoms with Crippen molar-refractivity contribution in [3.05, 3.63) is 12.2 Å². The molecular weight excluding hydrogens is 783 g/mol. The molecule has 0 aliphatic rings. The maximum atomic E-state index is 12.4. The molecule has 0 bridgehead atoms. The average Bonchev–Trinajstić information content (AvgIpc) is 3.27. The van der Waals surface area contributed by atoms with Gasteiger partial charge < -0.3 is 38.4 Å². The van der Waals surface area contributed by atoms with E-state index in [0.717, 1.165) is 135 Å². The van der Waals surface area contributed by atoms with Crippen molar-refractivity contribution < 1.29 is 43.1 Å². The van der Waals surface area contributed by atoms with Crippen LogP contribution in [0.15, 0.2) is 12.2 Å². The van der Waals surface area contributed by atoms with E-state index in [1.54, 1.807) is 0 Å². The van der Waals surface area contributed by atoms with Gasteiger partial charge in [0.15, 0.2) is 12.6 Å². The summed E-state index contributed by atoms with van der Waals surface area (Å²) in [6, 6.07) is 0. The van der Waals surface area contributed by atoms with E-state index >= 15 is 0 Å². The summed E-state index contributed by atoms with van der Waals surface area (Å²) >= 11 is 0. The molecule has 0 aromatic rings. The molecule has 10 nitrogen and oxygen atoms in total. The van der Waals surface area contributed by atoms with Gasteiger partial charge in [-0.2, -0.15) is 0 Å². The number of allylic oxidation sites excluding steroid dienone is 1. The molecule has 1 unspecified atom stereocenters. The number of carbonyl (C=O) groups is 2. The van der Waals surface area contributed by atoms with E-state index in [4.69, 9.17) is 28.4 Å². The average molecular weight is 872 g/mol. The van der Waals surface area contributed by atoms with E-state index in [1.165, 1.54) is 0 Å². The lowest BCUT2D eigenvalue weighted by Crippen LogP contribution is -2.29. The molecule has 0 radical (unpaired) electrons. The molecule has 356 valence electrons. The number of rotatable bonds is 42. The smallest absolute Gasteiger partial charge is 0.305 e. The second kappa shape index (κ2) is 49.1. The SMILES string of the molecule is CCC/C=C/COC(CCCCC(=O)OCCCCN(CCO)CCCCOC(=O)CCCCC(OCCC#CCCCC)OCCC#CCCCC)OCCC#CCCCC. The molecule has 0 saturated carbocycles. The minimum absolute atomic E-state index is 0.0842. The predicted molar refractivity (Wildman–Crippen MR) is 252 cm³/mol. The van der Waals surface area contributed by atoms with Gasteiger partial charge in [0, 0.05) is 57.9 Å². The number of carbonyl (C=O) groups excluding carboxylic acids is 2. The van der Waals surface area contributed by atoms with Crippen molar-refractivity contribution in [1.29, 1.82) is 0 Å². The highest BCUT2D eigenvalue weighted by Gasteiger charge is 2.12. The zero-order valence-electron chi connectivity index (χ0n) is 39.9. The maximum absolute atomic E-state index is 12.4. The minimum Gasteiger partial charge on any atom is -0.466 e. The molecule has 0 amide bonds. The topological polar surface area (TPSA) is 113 Å². The van der Waals surface area contributed by atoms with Crippen LogP contribution in [0, 0.1) is 35.5 Å². The van der Waals surface area contributed by atoms with Crippen LogP contribution in [0.5, 0.6) is 0 Å². The number of unbranched alkanes of at least 4 members (excludes halogenated alkanes) is 11. The molecule has 10 heteroatoms. The molecule has 62 heavy (non-hydrogen) atoms. The molecular formula is C52H89NO9. The lowest BCUT2D eigenvalue weighted by Gasteiger charge is -2.21. The Kier molecular flexibility index (Phi) is 46.9. The van der Waals surface area contributed by atoms with Crippen molar-refractivity contribution >= 4 is 11.9 Å². The quantitative estimate of drug-likeness (QED) is 0.0209. The van der Waals surface area contributed by atoms with Crippen molar-refractivity contribution in [3.8, 4) is 35.5 Å². The summed E-state index contributed by atoms with van der Waals surface area (Å²) in [6.45, 7) is 13.8. The Morgan fingerprint density at radius 1 is 0.484 bits per heavy atom. The Labute approximate surface area is 379 Å². The standard InChI is InChI=1S/C52H89NO9/c1-5-9-13-17-20-30-46-60-51(59-45-29-16-12-8-4)37-25-23-35-49(55)57-43-33-27-39-53(41-42-54)40-28-34-44-58-50(56)36-24-26-38-52(61-47-31-21-18-14-10-6-2)62-48-32-22-19-15-11-7-3/h16,29,51-52,54H,5-15,23-28,30-48H2,1-4H3/b29-16+. The van der Waals surface area contributed by atoms with Crippen molar-refractivity contribution in [2.24, 2.45) is 0 Å². The maximum Gasteiger partial charge on any atom is 0.305 e. The molecule has 0 aromatic carbocycles. The highest BCUT2D eigenvalue weighted by molar-refractivity contribution is 5.69. The first-order valence-electron chi connectivity index (χ1n) is 24.6. The molecule has 0 aliphatic carbocycles. The molecule has 0 saturated heterocycles. The lowest BCUT2D eigenvalue weighted by molar-refractivity contribution is -0.147. The third-order valence-electron chi connectivity index (χ3n) is 9.75. The fourth-order valence-electron chi connectivity index (χ4n) is 6.02. The summed E-state index contributed by atoms with van der Waals surface area (Å²) in [7, 11) is 0. The molecule has 1 N–H and O–H groups in total. The van der Waals surface area contributed by atoms with E-state index in [0.29, 0.717) is 91.1 Å². The van der Waals surface area contributed by atoms with Crippen molar-refractivity contribution in [1.82, 2.24) is 4.90 Å².